The van der Waals surface area contributed by atoms with E-state index in [0.29, 0.717) is 18.2 Å². The number of cyclic esters (lactones) is 1. The third-order valence-corrected chi connectivity index (χ3v) is 7.76. The zero-order valence-corrected chi connectivity index (χ0v) is 20.1. The maximum atomic E-state index is 13.7. The monoisotopic (exact) mass is 512 g/mol. The normalized spacial score (nSPS) is 26.1. The molecule has 7 nitrogen and oxygen atoms in total. The second kappa shape index (κ2) is 10.4. The summed E-state index contributed by atoms with van der Waals surface area (Å²) in [6.07, 6.45) is 3.57. The third kappa shape index (κ3) is 5.14. The molecule has 2 heterocycles. The topological polar surface area (TPSA) is 85.7 Å². The molecule has 194 valence electrons. The van der Waals surface area contributed by atoms with Crippen molar-refractivity contribution in [3.63, 3.8) is 0 Å². The Morgan fingerprint density at radius 3 is 2.54 bits per heavy atom. The number of nitriles is 1. The molecule has 37 heavy (non-hydrogen) atoms. The summed E-state index contributed by atoms with van der Waals surface area (Å²) in [6.45, 7) is 1.32. The fourth-order valence-electron chi connectivity index (χ4n) is 5.83. The van der Waals surface area contributed by atoms with Gasteiger partial charge >= 0.3 is 12.1 Å². The number of halogens is 3. The van der Waals surface area contributed by atoms with E-state index >= 15 is 0 Å². The summed E-state index contributed by atoms with van der Waals surface area (Å²) in [6, 6.07) is 8.53. The van der Waals surface area contributed by atoms with Crippen LogP contribution in [0.4, 0.5) is 22.8 Å². The Balaban J connectivity index is 1.16. The first-order chi connectivity index (χ1) is 17.8. The number of hydrogen-bond donors (Lipinski definition) is 1. The fraction of sp³-hybridized carbons (Fsp3) is 0.444. The average Bonchev–Trinajstić information content (AvgIpc) is 3.52. The second-order valence-corrected chi connectivity index (χ2v) is 9.92. The highest BCUT2D eigenvalue weighted by atomic mass is 19.2. The van der Waals surface area contributed by atoms with Gasteiger partial charge in [-0.1, -0.05) is 12.1 Å². The van der Waals surface area contributed by atoms with Crippen molar-refractivity contribution in [3.05, 3.63) is 70.5 Å². The van der Waals surface area contributed by atoms with E-state index in [1.54, 1.807) is 6.07 Å². The van der Waals surface area contributed by atoms with Gasteiger partial charge in [-0.3, -0.25) is 4.90 Å². The van der Waals surface area contributed by atoms with Crippen molar-refractivity contribution in [1.29, 1.82) is 5.26 Å². The number of carbonyl (C=O) groups is 2. The van der Waals surface area contributed by atoms with Crippen molar-refractivity contribution in [3.8, 4) is 6.07 Å². The van der Waals surface area contributed by atoms with Gasteiger partial charge < -0.3 is 10.1 Å². The first kappa shape index (κ1) is 25.1. The van der Waals surface area contributed by atoms with Crippen LogP contribution in [0, 0.1) is 28.8 Å². The maximum absolute atomic E-state index is 13.7. The summed E-state index contributed by atoms with van der Waals surface area (Å²) in [5, 5.41) is 12.3. The Labute approximate surface area is 212 Å². The predicted molar refractivity (Wildman–Crippen MR) is 127 cm³/mol. The molecule has 2 aromatic rings. The lowest BCUT2D eigenvalue weighted by molar-refractivity contribution is 0.155. The largest absolute Gasteiger partial charge is 0.446 e. The SMILES string of the molecule is N#Cc1cc(F)ccc1C1CCC(N2CCC(NC(=O)N3C(=O)OCC3c3ccc(F)c(F)c3)C2)CC1. The van der Waals surface area contributed by atoms with Crippen LogP contribution in [0.15, 0.2) is 36.4 Å². The predicted octanol–water partition coefficient (Wildman–Crippen LogP) is 4.98. The molecule has 1 N–H and O–H groups in total. The number of nitrogens with zero attached hydrogens (tertiary/aromatic N) is 3. The van der Waals surface area contributed by atoms with Crippen LogP contribution in [0.2, 0.25) is 0 Å². The van der Waals surface area contributed by atoms with Gasteiger partial charge in [-0.15, -0.1) is 0 Å². The van der Waals surface area contributed by atoms with Crippen LogP contribution in [-0.2, 0) is 4.74 Å². The summed E-state index contributed by atoms with van der Waals surface area (Å²) in [4.78, 5) is 28.5. The van der Waals surface area contributed by atoms with Crippen molar-refractivity contribution in [1.82, 2.24) is 15.1 Å². The van der Waals surface area contributed by atoms with E-state index in [2.05, 4.69) is 16.3 Å². The minimum Gasteiger partial charge on any atom is -0.446 e. The van der Waals surface area contributed by atoms with Crippen molar-refractivity contribution < 1.29 is 27.5 Å². The molecule has 0 radical (unpaired) electrons. The highest BCUT2D eigenvalue weighted by molar-refractivity contribution is 5.92. The summed E-state index contributed by atoms with van der Waals surface area (Å²) < 4.78 is 45.6. The summed E-state index contributed by atoms with van der Waals surface area (Å²) in [5.41, 5.74) is 1.59. The molecule has 3 amide bonds. The number of urea groups is 1. The number of rotatable bonds is 4. The average molecular weight is 513 g/mol. The van der Waals surface area contributed by atoms with E-state index in [-0.39, 0.29) is 24.1 Å². The van der Waals surface area contributed by atoms with Crippen molar-refractivity contribution >= 4 is 12.1 Å². The van der Waals surface area contributed by atoms with Gasteiger partial charge in [0, 0.05) is 25.2 Å². The van der Waals surface area contributed by atoms with Gasteiger partial charge in [0.1, 0.15) is 18.5 Å². The third-order valence-electron chi connectivity index (χ3n) is 7.76. The first-order valence-electron chi connectivity index (χ1n) is 12.5. The Morgan fingerprint density at radius 1 is 1.03 bits per heavy atom. The Bertz CT molecular complexity index is 1240. The number of hydrogen-bond acceptors (Lipinski definition) is 5. The number of nitrogens with one attached hydrogen (secondary N) is 1. The van der Waals surface area contributed by atoms with Crippen LogP contribution in [0.5, 0.6) is 0 Å². The Hall–Kier alpha value is -3.58. The second-order valence-electron chi connectivity index (χ2n) is 9.92. The van der Waals surface area contributed by atoms with E-state index in [1.165, 1.54) is 18.2 Å². The molecule has 0 bridgehead atoms. The maximum Gasteiger partial charge on any atom is 0.418 e. The molecule has 0 aromatic heterocycles. The molecular formula is C27H27F3N4O3. The molecule has 2 unspecified atom stereocenters. The zero-order chi connectivity index (χ0) is 26.1. The minimum atomic E-state index is -1.05. The lowest BCUT2D eigenvalue weighted by Crippen LogP contribution is -2.47. The Kier molecular flexibility index (Phi) is 7.07. The lowest BCUT2D eigenvalue weighted by Gasteiger charge is -2.35. The molecule has 10 heteroatoms. The highest BCUT2D eigenvalue weighted by Gasteiger charge is 2.41. The van der Waals surface area contributed by atoms with E-state index < -0.39 is 35.6 Å². The van der Waals surface area contributed by atoms with E-state index in [4.69, 9.17) is 4.74 Å². The van der Waals surface area contributed by atoms with Crippen molar-refractivity contribution in [2.24, 2.45) is 0 Å². The first-order valence-corrected chi connectivity index (χ1v) is 12.5. The Morgan fingerprint density at radius 2 is 1.81 bits per heavy atom. The summed E-state index contributed by atoms with van der Waals surface area (Å²) in [7, 11) is 0. The number of ether oxygens (including phenoxy) is 1. The van der Waals surface area contributed by atoms with Crippen LogP contribution >= 0.6 is 0 Å². The fourth-order valence-corrected chi connectivity index (χ4v) is 5.83. The minimum absolute atomic E-state index is 0.126. The molecule has 2 aliphatic heterocycles. The number of likely N-dealkylation sites (tertiary alicyclic amines) is 1. The molecule has 5 rings (SSSR count). The van der Waals surface area contributed by atoms with E-state index in [1.807, 2.05) is 0 Å². The van der Waals surface area contributed by atoms with Crippen molar-refractivity contribution in [2.45, 2.75) is 56.1 Å². The van der Waals surface area contributed by atoms with Crippen molar-refractivity contribution in [2.75, 3.05) is 19.7 Å². The van der Waals surface area contributed by atoms with Gasteiger partial charge in [0.25, 0.3) is 0 Å². The lowest BCUT2D eigenvalue weighted by atomic mass is 9.80. The van der Waals surface area contributed by atoms with Crippen LogP contribution < -0.4 is 5.32 Å². The van der Waals surface area contributed by atoms with Gasteiger partial charge in [-0.05, 0) is 73.4 Å². The smallest absolute Gasteiger partial charge is 0.418 e. The van der Waals surface area contributed by atoms with Gasteiger partial charge in [0.2, 0.25) is 0 Å². The van der Waals surface area contributed by atoms with Gasteiger partial charge in [-0.25, -0.2) is 27.7 Å². The number of amides is 3. The standard InChI is InChI=1S/C27H27F3N4O3/c28-19-4-7-22(18(11-19)13-31)16-1-5-21(6-2-16)33-10-9-20(14-33)32-26(35)34-25(15-37-27(34)36)17-3-8-23(29)24(30)12-17/h3-4,7-8,11-12,16,20-21,25H,1-2,5-6,9-10,14-15H2,(H,32,35). The number of carbonyl (C=O) groups excluding carboxylic acids is 2. The molecule has 3 aliphatic rings. The highest BCUT2D eigenvalue weighted by Crippen LogP contribution is 2.37. The molecule has 1 saturated carbocycles. The van der Waals surface area contributed by atoms with Crippen LogP contribution in [0.3, 0.4) is 0 Å². The summed E-state index contributed by atoms with van der Waals surface area (Å²) in [5.74, 6) is -2.24. The quantitative estimate of drug-likeness (QED) is 0.625. The molecule has 2 aromatic carbocycles. The molecule has 0 spiro atoms. The molecule has 2 saturated heterocycles. The molecular weight excluding hydrogens is 485 g/mol. The molecule has 2 atom stereocenters. The van der Waals surface area contributed by atoms with E-state index in [9.17, 15) is 28.0 Å². The zero-order valence-electron chi connectivity index (χ0n) is 20.1. The number of benzene rings is 2. The molecule has 1 aliphatic carbocycles. The molecule has 3 fully saturated rings. The van der Waals surface area contributed by atoms with E-state index in [0.717, 1.165) is 61.2 Å². The number of imide groups is 1. The van der Waals surface area contributed by atoms with Crippen LogP contribution in [-0.4, -0.2) is 53.7 Å². The van der Waals surface area contributed by atoms with Gasteiger partial charge in [0.05, 0.1) is 11.6 Å². The van der Waals surface area contributed by atoms with Crippen LogP contribution in [0.25, 0.3) is 0 Å². The van der Waals surface area contributed by atoms with Crippen LogP contribution in [0.1, 0.15) is 60.8 Å². The van der Waals surface area contributed by atoms with Gasteiger partial charge in [0.15, 0.2) is 11.6 Å². The van der Waals surface area contributed by atoms with Gasteiger partial charge in [-0.2, -0.15) is 5.26 Å². The summed E-state index contributed by atoms with van der Waals surface area (Å²) >= 11 is 0.